The molecule has 1 amide bonds. The van der Waals surface area contributed by atoms with E-state index in [0.29, 0.717) is 34.8 Å². The molecule has 0 aliphatic heterocycles. The van der Waals surface area contributed by atoms with Crippen molar-refractivity contribution in [1.82, 2.24) is 20.4 Å². The molecule has 3 heterocycles. The highest BCUT2D eigenvalue weighted by Gasteiger charge is 2.19. The summed E-state index contributed by atoms with van der Waals surface area (Å²) in [6.07, 6.45) is 1.64. The lowest BCUT2D eigenvalue weighted by molar-refractivity contribution is 0.0952. The second kappa shape index (κ2) is 6.88. The quantitative estimate of drug-likeness (QED) is 0.768. The molecule has 0 aliphatic carbocycles. The number of amides is 1. The Balaban J connectivity index is 1.89. The lowest BCUT2D eigenvalue weighted by Gasteiger charge is -2.10. The number of carbonyl (C=O) groups excluding carboxylic acids is 1. The fraction of sp³-hybridized carbons (Fsp3) is 0.333. The van der Waals surface area contributed by atoms with Crippen molar-refractivity contribution in [2.24, 2.45) is 0 Å². The van der Waals surface area contributed by atoms with Crippen LogP contribution in [-0.2, 0) is 6.54 Å². The molecule has 7 nitrogen and oxygen atoms in total. The Labute approximate surface area is 145 Å². The first-order chi connectivity index (χ1) is 12.0. The molecule has 3 rings (SSSR count). The number of hydrogen-bond donors (Lipinski definition) is 1. The number of nitrogens with one attached hydrogen (secondary N) is 1. The normalized spacial score (nSPS) is 11.1. The highest BCUT2D eigenvalue weighted by Crippen LogP contribution is 2.25. The number of methoxy groups -OCH3 is 1. The van der Waals surface area contributed by atoms with E-state index >= 15 is 0 Å². The minimum absolute atomic E-state index is 0.172. The maximum atomic E-state index is 12.8. The van der Waals surface area contributed by atoms with Crippen LogP contribution in [0.15, 0.2) is 28.9 Å². The SMILES string of the molecule is COc1cc(CNC(=O)c2cc(C(C)C)nc3onc(C)c23)ccn1. The minimum Gasteiger partial charge on any atom is -0.481 e. The van der Waals surface area contributed by atoms with Gasteiger partial charge in [0.1, 0.15) is 0 Å². The summed E-state index contributed by atoms with van der Waals surface area (Å²) < 4.78 is 10.4. The van der Waals surface area contributed by atoms with Crippen molar-refractivity contribution in [3.8, 4) is 5.88 Å². The Hall–Kier alpha value is -2.96. The molecule has 0 saturated carbocycles. The number of rotatable bonds is 5. The molecule has 0 aromatic carbocycles. The van der Waals surface area contributed by atoms with Gasteiger partial charge >= 0.3 is 0 Å². The zero-order valence-electron chi connectivity index (χ0n) is 14.7. The summed E-state index contributed by atoms with van der Waals surface area (Å²) in [7, 11) is 1.56. The van der Waals surface area contributed by atoms with Crippen LogP contribution in [0.4, 0.5) is 0 Å². The van der Waals surface area contributed by atoms with E-state index in [2.05, 4.69) is 20.4 Å². The van der Waals surface area contributed by atoms with Gasteiger partial charge in [0.05, 0.1) is 23.8 Å². The van der Waals surface area contributed by atoms with Gasteiger partial charge in [-0.15, -0.1) is 0 Å². The van der Waals surface area contributed by atoms with Crippen molar-refractivity contribution in [1.29, 1.82) is 0 Å². The molecular formula is C18H20N4O3. The molecule has 7 heteroatoms. The molecule has 1 N–H and O–H groups in total. The van der Waals surface area contributed by atoms with Gasteiger partial charge in [-0.25, -0.2) is 9.97 Å². The van der Waals surface area contributed by atoms with Gasteiger partial charge in [-0.3, -0.25) is 4.79 Å². The largest absolute Gasteiger partial charge is 0.481 e. The topological polar surface area (TPSA) is 90.1 Å². The third-order valence-corrected chi connectivity index (χ3v) is 3.93. The van der Waals surface area contributed by atoms with Crippen LogP contribution in [-0.4, -0.2) is 28.1 Å². The van der Waals surface area contributed by atoms with E-state index in [1.54, 1.807) is 32.4 Å². The van der Waals surface area contributed by atoms with Crippen LogP contribution >= 0.6 is 0 Å². The van der Waals surface area contributed by atoms with E-state index < -0.39 is 0 Å². The van der Waals surface area contributed by atoms with Crippen molar-refractivity contribution in [3.63, 3.8) is 0 Å². The number of hydrogen-bond acceptors (Lipinski definition) is 6. The van der Waals surface area contributed by atoms with Gasteiger partial charge in [-0.2, -0.15) is 0 Å². The van der Waals surface area contributed by atoms with Gasteiger partial charge in [-0.05, 0) is 30.5 Å². The lowest BCUT2D eigenvalue weighted by atomic mass is 10.0. The smallest absolute Gasteiger partial charge is 0.259 e. The summed E-state index contributed by atoms with van der Waals surface area (Å²) in [5, 5.41) is 7.51. The second-order valence-corrected chi connectivity index (χ2v) is 6.09. The second-order valence-electron chi connectivity index (χ2n) is 6.09. The van der Waals surface area contributed by atoms with Crippen LogP contribution in [0.25, 0.3) is 11.1 Å². The number of nitrogens with zero attached hydrogens (tertiary/aromatic N) is 3. The van der Waals surface area contributed by atoms with Crippen LogP contribution in [0.1, 0.15) is 47.1 Å². The van der Waals surface area contributed by atoms with Crippen LogP contribution < -0.4 is 10.1 Å². The van der Waals surface area contributed by atoms with Gasteiger partial charge in [0, 0.05) is 24.5 Å². The molecule has 3 aromatic rings. The van der Waals surface area contributed by atoms with Crippen LogP contribution in [0.5, 0.6) is 5.88 Å². The van der Waals surface area contributed by atoms with E-state index in [1.165, 1.54) is 0 Å². The lowest BCUT2D eigenvalue weighted by Crippen LogP contribution is -2.23. The Morgan fingerprint density at radius 1 is 1.36 bits per heavy atom. The molecule has 0 unspecified atom stereocenters. The molecule has 0 spiro atoms. The molecule has 0 aliphatic rings. The summed E-state index contributed by atoms with van der Waals surface area (Å²) in [6.45, 7) is 6.20. The fourth-order valence-electron chi connectivity index (χ4n) is 2.54. The van der Waals surface area contributed by atoms with Crippen molar-refractivity contribution in [2.45, 2.75) is 33.2 Å². The van der Waals surface area contributed by atoms with Gasteiger partial charge in [-0.1, -0.05) is 19.0 Å². The zero-order chi connectivity index (χ0) is 18.0. The molecule has 25 heavy (non-hydrogen) atoms. The monoisotopic (exact) mass is 340 g/mol. The summed E-state index contributed by atoms with van der Waals surface area (Å²) in [5.74, 6) is 0.484. The molecule has 0 bridgehead atoms. The number of aromatic nitrogens is 3. The minimum atomic E-state index is -0.198. The Morgan fingerprint density at radius 3 is 2.88 bits per heavy atom. The fourth-order valence-corrected chi connectivity index (χ4v) is 2.54. The van der Waals surface area contributed by atoms with Crippen LogP contribution in [0.3, 0.4) is 0 Å². The van der Waals surface area contributed by atoms with Crippen molar-refractivity contribution in [3.05, 3.63) is 46.9 Å². The summed E-state index contributed by atoms with van der Waals surface area (Å²) in [4.78, 5) is 21.3. The predicted octanol–water partition coefficient (Wildman–Crippen LogP) is 2.99. The highest BCUT2D eigenvalue weighted by molar-refractivity contribution is 6.06. The third kappa shape index (κ3) is 3.45. The first-order valence-corrected chi connectivity index (χ1v) is 8.03. The molecular weight excluding hydrogens is 320 g/mol. The number of pyridine rings is 2. The third-order valence-electron chi connectivity index (χ3n) is 3.93. The van der Waals surface area contributed by atoms with Crippen molar-refractivity contribution >= 4 is 17.0 Å². The van der Waals surface area contributed by atoms with Gasteiger partial charge in [0.15, 0.2) is 0 Å². The first-order valence-electron chi connectivity index (χ1n) is 8.03. The average Bonchev–Trinajstić information content (AvgIpc) is 3.00. The van der Waals surface area contributed by atoms with E-state index in [9.17, 15) is 4.79 Å². The van der Waals surface area contributed by atoms with E-state index in [-0.39, 0.29) is 11.8 Å². The molecule has 0 fully saturated rings. The first kappa shape index (κ1) is 16.9. The maximum absolute atomic E-state index is 12.8. The number of carbonyl (C=O) groups is 1. The Kier molecular flexibility index (Phi) is 4.65. The Bertz CT molecular complexity index is 918. The summed E-state index contributed by atoms with van der Waals surface area (Å²) >= 11 is 0. The van der Waals surface area contributed by atoms with Crippen LogP contribution in [0, 0.1) is 6.92 Å². The zero-order valence-corrected chi connectivity index (χ0v) is 14.7. The average molecular weight is 340 g/mol. The van der Waals surface area contributed by atoms with Gasteiger partial charge < -0.3 is 14.6 Å². The number of ether oxygens (including phenoxy) is 1. The molecule has 0 saturated heterocycles. The molecule has 0 radical (unpaired) electrons. The van der Waals surface area contributed by atoms with E-state index in [0.717, 1.165) is 11.3 Å². The van der Waals surface area contributed by atoms with Gasteiger partial charge in [0.2, 0.25) is 5.88 Å². The highest BCUT2D eigenvalue weighted by atomic mass is 16.5. The Morgan fingerprint density at radius 2 is 2.16 bits per heavy atom. The standard InChI is InChI=1S/C18H20N4O3/c1-10(2)14-8-13(16-11(3)22-25-18(16)21-14)17(23)20-9-12-5-6-19-15(7-12)24-4/h5-8,10H,9H2,1-4H3,(H,20,23). The van der Waals surface area contributed by atoms with E-state index in [1.807, 2.05) is 19.9 Å². The maximum Gasteiger partial charge on any atom is 0.259 e. The van der Waals surface area contributed by atoms with Gasteiger partial charge in [0.25, 0.3) is 11.6 Å². The number of aryl methyl sites for hydroxylation is 1. The molecule has 0 atom stereocenters. The summed E-state index contributed by atoms with van der Waals surface area (Å²) in [6, 6.07) is 5.42. The van der Waals surface area contributed by atoms with Crippen molar-refractivity contribution < 1.29 is 14.1 Å². The van der Waals surface area contributed by atoms with Crippen LogP contribution in [0.2, 0.25) is 0 Å². The molecule has 3 aromatic heterocycles. The summed E-state index contributed by atoms with van der Waals surface area (Å²) in [5.41, 5.74) is 3.25. The predicted molar refractivity (Wildman–Crippen MR) is 92.6 cm³/mol. The molecule has 130 valence electrons. The number of fused-ring (bicyclic) bond motifs is 1. The van der Waals surface area contributed by atoms with E-state index in [4.69, 9.17) is 9.26 Å². The van der Waals surface area contributed by atoms with Crippen molar-refractivity contribution in [2.75, 3.05) is 7.11 Å².